The molecule has 0 saturated carbocycles. The maximum Gasteiger partial charge on any atom is 0.287 e. The minimum Gasteiger partial charge on any atom is -0.363 e. The Morgan fingerprint density at radius 1 is 1.47 bits per heavy atom. The molecule has 2 atom stereocenters. The van der Waals surface area contributed by atoms with Gasteiger partial charge in [-0.05, 0) is 25.7 Å². The summed E-state index contributed by atoms with van der Waals surface area (Å²) in [7, 11) is 1.62. The standard InChI is InChI=1S/C13H19ClN4O/c1-13(2)9-5-15-4-8(9)7-18(13)10-6-16-17(3)12(19)11(10)14/h6,8-9,15H,4-5,7H2,1-3H3. The molecule has 2 aliphatic rings. The van der Waals surface area contributed by atoms with Crippen LogP contribution in [0.4, 0.5) is 5.69 Å². The van der Waals surface area contributed by atoms with Gasteiger partial charge in [-0.2, -0.15) is 5.10 Å². The number of fused-ring (bicyclic) bond motifs is 1. The second-order valence-corrected chi connectivity index (χ2v) is 6.44. The van der Waals surface area contributed by atoms with Gasteiger partial charge in [-0.1, -0.05) is 11.6 Å². The van der Waals surface area contributed by atoms with Gasteiger partial charge >= 0.3 is 0 Å². The Hall–Kier alpha value is -1.07. The van der Waals surface area contributed by atoms with Crippen LogP contribution in [0.25, 0.3) is 0 Å². The molecule has 6 heteroatoms. The Balaban J connectivity index is 2.04. The van der Waals surface area contributed by atoms with Crippen LogP contribution in [0.15, 0.2) is 11.0 Å². The van der Waals surface area contributed by atoms with E-state index in [1.165, 1.54) is 4.68 Å². The van der Waals surface area contributed by atoms with Crippen LogP contribution in [-0.2, 0) is 7.05 Å². The van der Waals surface area contributed by atoms with Gasteiger partial charge < -0.3 is 10.2 Å². The minimum absolute atomic E-state index is 0.00808. The summed E-state index contributed by atoms with van der Waals surface area (Å²) in [6, 6.07) is 0. The Labute approximate surface area is 117 Å². The first kappa shape index (κ1) is 12.9. The Morgan fingerprint density at radius 3 is 2.89 bits per heavy atom. The lowest BCUT2D eigenvalue weighted by Crippen LogP contribution is -2.45. The van der Waals surface area contributed by atoms with E-state index in [-0.39, 0.29) is 16.1 Å². The molecule has 3 heterocycles. The molecule has 0 spiro atoms. The van der Waals surface area contributed by atoms with Gasteiger partial charge in [0.15, 0.2) is 0 Å². The van der Waals surface area contributed by atoms with Crippen molar-refractivity contribution in [3.63, 3.8) is 0 Å². The smallest absolute Gasteiger partial charge is 0.287 e. The van der Waals surface area contributed by atoms with E-state index < -0.39 is 0 Å². The van der Waals surface area contributed by atoms with Crippen LogP contribution in [0.5, 0.6) is 0 Å². The Bertz CT molecular complexity index is 568. The number of rotatable bonds is 1. The average Bonchev–Trinajstić information content (AvgIpc) is 2.90. The number of hydrogen-bond acceptors (Lipinski definition) is 4. The zero-order valence-electron chi connectivity index (χ0n) is 11.5. The van der Waals surface area contributed by atoms with Gasteiger partial charge in [0.25, 0.3) is 5.56 Å². The molecule has 3 rings (SSSR count). The normalized spacial score (nSPS) is 28.7. The van der Waals surface area contributed by atoms with Crippen molar-refractivity contribution in [1.29, 1.82) is 0 Å². The van der Waals surface area contributed by atoms with E-state index in [0.29, 0.717) is 11.8 Å². The van der Waals surface area contributed by atoms with E-state index >= 15 is 0 Å². The molecular weight excluding hydrogens is 264 g/mol. The summed E-state index contributed by atoms with van der Waals surface area (Å²) < 4.78 is 1.28. The Morgan fingerprint density at radius 2 is 2.21 bits per heavy atom. The lowest BCUT2D eigenvalue weighted by atomic mass is 9.85. The maximum atomic E-state index is 11.9. The fourth-order valence-electron chi connectivity index (χ4n) is 3.52. The Kier molecular flexibility index (Phi) is 2.87. The van der Waals surface area contributed by atoms with E-state index in [1.807, 2.05) is 0 Å². The third kappa shape index (κ3) is 1.79. The molecule has 0 aromatic carbocycles. The SMILES string of the molecule is Cn1ncc(N2CC3CNCC3C2(C)C)c(Cl)c1=O. The molecule has 2 saturated heterocycles. The highest BCUT2D eigenvalue weighted by Gasteiger charge is 2.50. The van der Waals surface area contributed by atoms with Crippen LogP contribution in [0.1, 0.15) is 13.8 Å². The van der Waals surface area contributed by atoms with Crippen molar-refractivity contribution in [2.45, 2.75) is 19.4 Å². The van der Waals surface area contributed by atoms with Crippen LogP contribution in [0.2, 0.25) is 5.02 Å². The molecule has 1 aromatic heterocycles. The number of aromatic nitrogens is 2. The van der Waals surface area contributed by atoms with Gasteiger partial charge in [0, 0.05) is 32.2 Å². The van der Waals surface area contributed by atoms with Crippen molar-refractivity contribution in [3.05, 3.63) is 21.6 Å². The van der Waals surface area contributed by atoms with Crippen molar-refractivity contribution in [3.8, 4) is 0 Å². The number of nitrogens with one attached hydrogen (secondary N) is 1. The molecule has 2 aliphatic heterocycles. The van der Waals surface area contributed by atoms with Crippen LogP contribution in [0, 0.1) is 11.8 Å². The quantitative estimate of drug-likeness (QED) is 0.830. The lowest BCUT2D eigenvalue weighted by Gasteiger charge is -2.37. The largest absolute Gasteiger partial charge is 0.363 e. The minimum atomic E-state index is -0.231. The van der Waals surface area contributed by atoms with E-state index in [0.717, 1.165) is 25.3 Å². The molecule has 0 amide bonds. The molecule has 2 unspecified atom stereocenters. The third-order valence-corrected chi connectivity index (χ3v) is 5.07. The van der Waals surface area contributed by atoms with Crippen molar-refractivity contribution in [1.82, 2.24) is 15.1 Å². The van der Waals surface area contributed by atoms with Crippen molar-refractivity contribution in [2.75, 3.05) is 24.5 Å². The topological polar surface area (TPSA) is 50.2 Å². The summed E-state index contributed by atoms with van der Waals surface area (Å²) in [6.45, 7) is 7.45. The molecule has 0 bridgehead atoms. The summed E-state index contributed by atoms with van der Waals surface area (Å²) in [5.74, 6) is 1.21. The number of anilines is 1. The second kappa shape index (κ2) is 4.21. The van der Waals surface area contributed by atoms with Gasteiger partial charge in [0.05, 0.1) is 11.9 Å². The van der Waals surface area contributed by atoms with Gasteiger partial charge in [-0.3, -0.25) is 4.79 Å². The van der Waals surface area contributed by atoms with Gasteiger partial charge in [-0.15, -0.1) is 0 Å². The first-order valence-corrected chi connectivity index (χ1v) is 7.01. The van der Waals surface area contributed by atoms with Crippen molar-refractivity contribution < 1.29 is 0 Å². The van der Waals surface area contributed by atoms with E-state index in [1.54, 1.807) is 13.2 Å². The molecule has 1 aromatic rings. The molecule has 0 radical (unpaired) electrons. The predicted octanol–water partition coefficient (Wildman–Crippen LogP) is 0.868. The zero-order chi connectivity index (χ0) is 13.8. The first-order chi connectivity index (χ1) is 8.93. The molecule has 0 aliphatic carbocycles. The highest BCUT2D eigenvalue weighted by atomic mass is 35.5. The first-order valence-electron chi connectivity index (χ1n) is 6.63. The summed E-state index contributed by atoms with van der Waals surface area (Å²) in [5.41, 5.74) is 0.528. The summed E-state index contributed by atoms with van der Waals surface area (Å²) in [5, 5.41) is 7.83. The fraction of sp³-hybridized carbons (Fsp3) is 0.692. The van der Waals surface area contributed by atoms with E-state index in [2.05, 4.69) is 29.2 Å². The summed E-state index contributed by atoms with van der Waals surface area (Å²) in [6.07, 6.45) is 1.71. The summed E-state index contributed by atoms with van der Waals surface area (Å²) in [4.78, 5) is 14.2. The molecule has 2 fully saturated rings. The second-order valence-electron chi connectivity index (χ2n) is 6.06. The van der Waals surface area contributed by atoms with Gasteiger partial charge in [-0.25, -0.2) is 4.68 Å². The molecule has 104 valence electrons. The number of hydrogen-bond donors (Lipinski definition) is 1. The highest BCUT2D eigenvalue weighted by molar-refractivity contribution is 6.33. The van der Waals surface area contributed by atoms with Crippen LogP contribution < -0.4 is 15.8 Å². The molecule has 5 nitrogen and oxygen atoms in total. The van der Waals surface area contributed by atoms with Crippen molar-refractivity contribution in [2.24, 2.45) is 18.9 Å². The lowest BCUT2D eigenvalue weighted by molar-refractivity contribution is 0.356. The van der Waals surface area contributed by atoms with Crippen molar-refractivity contribution >= 4 is 17.3 Å². The maximum absolute atomic E-state index is 11.9. The number of nitrogens with zero attached hydrogens (tertiary/aromatic N) is 3. The molecule has 19 heavy (non-hydrogen) atoms. The molecule has 1 N–H and O–H groups in total. The predicted molar refractivity (Wildman–Crippen MR) is 75.8 cm³/mol. The van der Waals surface area contributed by atoms with Crippen LogP contribution in [-0.4, -0.2) is 35.0 Å². The number of aryl methyl sites for hydroxylation is 1. The monoisotopic (exact) mass is 282 g/mol. The van der Waals surface area contributed by atoms with E-state index in [4.69, 9.17) is 11.6 Å². The highest BCUT2D eigenvalue weighted by Crippen LogP contribution is 2.44. The van der Waals surface area contributed by atoms with Crippen LogP contribution >= 0.6 is 11.6 Å². The third-order valence-electron chi connectivity index (χ3n) is 4.71. The van der Waals surface area contributed by atoms with Gasteiger partial charge in [0.2, 0.25) is 0 Å². The number of halogens is 1. The summed E-state index contributed by atoms with van der Waals surface area (Å²) >= 11 is 6.23. The van der Waals surface area contributed by atoms with Gasteiger partial charge in [0.1, 0.15) is 5.02 Å². The fourth-order valence-corrected chi connectivity index (χ4v) is 3.79. The molecular formula is C13H19ClN4O. The average molecular weight is 283 g/mol. The van der Waals surface area contributed by atoms with E-state index in [9.17, 15) is 4.79 Å². The zero-order valence-corrected chi connectivity index (χ0v) is 12.2. The van der Waals surface area contributed by atoms with Crippen LogP contribution in [0.3, 0.4) is 0 Å².